The van der Waals surface area contributed by atoms with Crippen LogP contribution < -0.4 is 0 Å². The molecule has 66 valence electrons. The molecule has 0 aromatic carbocycles. The molecule has 2 heteroatoms. The first kappa shape index (κ1) is 9.59. The maximum Gasteiger partial charge on any atom is 0.0700 e. The van der Waals surface area contributed by atoms with Gasteiger partial charge in [0.05, 0.1) is 5.04 Å². The van der Waals surface area contributed by atoms with Crippen LogP contribution in [0.1, 0.15) is 26.2 Å². The normalized spacial score (nSPS) is 18.8. The number of thioether (sulfide) groups is 1. The third-order valence-corrected chi connectivity index (χ3v) is 2.51. The smallest absolute Gasteiger partial charge is 0.0700 e. The molecule has 0 aliphatic heterocycles. The number of hydrogen-bond acceptors (Lipinski definition) is 2. The van der Waals surface area contributed by atoms with Gasteiger partial charge >= 0.3 is 0 Å². The molecule has 0 unspecified atom stereocenters. The summed E-state index contributed by atoms with van der Waals surface area (Å²) in [6.45, 7) is 2.06. The number of rotatable bonds is 1. The number of aliphatic imine (C=N–C) groups is 1. The number of allylic oxidation sites excluding steroid dienone is 4. The van der Waals surface area contributed by atoms with Crippen LogP contribution in [0.25, 0.3) is 0 Å². The summed E-state index contributed by atoms with van der Waals surface area (Å²) in [5.41, 5.74) is 1.22. The molecule has 1 aliphatic rings. The van der Waals surface area contributed by atoms with Crippen LogP contribution in [0.3, 0.4) is 0 Å². The van der Waals surface area contributed by atoms with Gasteiger partial charge in [0.25, 0.3) is 0 Å². The zero-order valence-corrected chi connectivity index (χ0v) is 8.53. The zero-order chi connectivity index (χ0) is 8.81. The zero-order valence-electron chi connectivity index (χ0n) is 7.71. The third kappa shape index (κ3) is 3.26. The largest absolute Gasteiger partial charge is 0.251 e. The molecule has 0 N–H and O–H groups in total. The number of nitrogens with zero attached hydrogens (tertiary/aromatic N) is 1. The summed E-state index contributed by atoms with van der Waals surface area (Å²) in [6, 6.07) is 0. The van der Waals surface area contributed by atoms with Gasteiger partial charge in [-0.3, -0.25) is 4.99 Å². The molecule has 12 heavy (non-hydrogen) atoms. The van der Waals surface area contributed by atoms with Crippen molar-refractivity contribution >= 4 is 16.8 Å². The Morgan fingerprint density at radius 2 is 2.42 bits per heavy atom. The Kier molecular flexibility index (Phi) is 4.15. The summed E-state index contributed by atoms with van der Waals surface area (Å²) >= 11 is 1.71. The van der Waals surface area contributed by atoms with E-state index in [9.17, 15) is 0 Å². The minimum Gasteiger partial charge on any atom is -0.251 e. The molecule has 0 heterocycles. The van der Waals surface area contributed by atoms with E-state index in [4.69, 9.17) is 0 Å². The van der Waals surface area contributed by atoms with E-state index in [-0.39, 0.29) is 0 Å². The van der Waals surface area contributed by atoms with E-state index < -0.39 is 0 Å². The molecular weight excluding hydrogens is 166 g/mol. The van der Waals surface area contributed by atoms with Crippen LogP contribution in [0.15, 0.2) is 28.9 Å². The fourth-order valence-corrected chi connectivity index (χ4v) is 1.31. The molecule has 0 aromatic rings. The highest BCUT2D eigenvalue weighted by atomic mass is 32.2. The minimum absolute atomic E-state index is 1.12. The van der Waals surface area contributed by atoms with E-state index in [1.54, 1.807) is 11.8 Å². The Morgan fingerprint density at radius 3 is 3.17 bits per heavy atom. The van der Waals surface area contributed by atoms with Crippen LogP contribution in [0, 0.1) is 0 Å². The molecule has 0 spiro atoms. The highest BCUT2D eigenvalue weighted by Gasteiger charge is 1.97. The van der Waals surface area contributed by atoms with Crippen molar-refractivity contribution in [2.75, 3.05) is 6.26 Å². The maximum absolute atomic E-state index is 4.50. The van der Waals surface area contributed by atoms with Crippen molar-refractivity contribution in [3.05, 3.63) is 23.9 Å². The Labute approximate surface area is 78.7 Å². The average molecular weight is 181 g/mol. The Hall–Kier alpha value is -0.500. The van der Waals surface area contributed by atoms with Gasteiger partial charge in [0.2, 0.25) is 0 Å². The summed E-state index contributed by atoms with van der Waals surface area (Å²) in [5, 5.41) is 1.15. The predicted molar refractivity (Wildman–Crippen MR) is 57.7 cm³/mol. The molecule has 1 rings (SSSR count). The Balaban J connectivity index is 2.61. The SMILES string of the molecule is CSC(C)=NC1=CC=CCCC1. The van der Waals surface area contributed by atoms with E-state index in [0.29, 0.717) is 0 Å². The van der Waals surface area contributed by atoms with Crippen molar-refractivity contribution in [2.24, 2.45) is 4.99 Å². The Bertz CT molecular complexity index is 223. The van der Waals surface area contributed by atoms with E-state index in [1.807, 2.05) is 0 Å². The van der Waals surface area contributed by atoms with Gasteiger partial charge in [0.1, 0.15) is 0 Å². The van der Waals surface area contributed by atoms with E-state index in [2.05, 4.69) is 36.4 Å². The highest BCUT2D eigenvalue weighted by molar-refractivity contribution is 8.13. The molecule has 0 bridgehead atoms. The summed E-state index contributed by atoms with van der Waals surface area (Å²) in [4.78, 5) is 4.50. The lowest BCUT2D eigenvalue weighted by Crippen LogP contribution is -1.85. The van der Waals surface area contributed by atoms with Gasteiger partial charge in [0.15, 0.2) is 0 Å². The molecule has 0 amide bonds. The van der Waals surface area contributed by atoms with Crippen LogP contribution in [-0.4, -0.2) is 11.3 Å². The van der Waals surface area contributed by atoms with Gasteiger partial charge < -0.3 is 0 Å². The molecule has 0 atom stereocenters. The molecule has 1 nitrogen and oxygen atoms in total. The molecule has 1 aliphatic carbocycles. The van der Waals surface area contributed by atoms with Gasteiger partial charge in [-0.05, 0) is 38.5 Å². The van der Waals surface area contributed by atoms with Gasteiger partial charge in [-0.1, -0.05) is 12.2 Å². The summed E-state index contributed by atoms with van der Waals surface area (Å²) in [7, 11) is 0. The summed E-state index contributed by atoms with van der Waals surface area (Å²) in [5.74, 6) is 0. The predicted octanol–water partition coefficient (Wildman–Crippen LogP) is 3.39. The fraction of sp³-hybridized carbons (Fsp3) is 0.500. The second kappa shape index (κ2) is 5.20. The second-order valence-corrected chi connectivity index (χ2v) is 3.81. The quantitative estimate of drug-likeness (QED) is 0.446. The lowest BCUT2D eigenvalue weighted by molar-refractivity contribution is 0.834. The van der Waals surface area contributed by atoms with Gasteiger partial charge in [-0.2, -0.15) is 0 Å². The van der Waals surface area contributed by atoms with Gasteiger partial charge in [-0.15, -0.1) is 11.8 Å². The van der Waals surface area contributed by atoms with Crippen molar-refractivity contribution in [3.63, 3.8) is 0 Å². The van der Waals surface area contributed by atoms with Crippen molar-refractivity contribution < 1.29 is 0 Å². The van der Waals surface area contributed by atoms with E-state index in [1.165, 1.54) is 18.5 Å². The van der Waals surface area contributed by atoms with Gasteiger partial charge in [-0.25, -0.2) is 0 Å². The van der Waals surface area contributed by atoms with Crippen molar-refractivity contribution in [1.82, 2.24) is 0 Å². The molecule has 0 aromatic heterocycles. The summed E-state index contributed by atoms with van der Waals surface area (Å²) < 4.78 is 0. The molecule has 0 saturated carbocycles. The molecule has 0 fully saturated rings. The van der Waals surface area contributed by atoms with Gasteiger partial charge in [0, 0.05) is 5.70 Å². The van der Waals surface area contributed by atoms with E-state index in [0.717, 1.165) is 11.5 Å². The maximum atomic E-state index is 4.50. The van der Waals surface area contributed by atoms with Crippen LogP contribution in [0.4, 0.5) is 0 Å². The third-order valence-electron chi connectivity index (χ3n) is 1.82. The monoisotopic (exact) mass is 181 g/mol. The first-order valence-electron chi connectivity index (χ1n) is 4.28. The summed E-state index contributed by atoms with van der Waals surface area (Å²) in [6.07, 6.45) is 12.0. The standard InChI is InChI=1S/C10H15NS/c1-9(12-2)11-10-7-5-3-4-6-8-10/h3,5,7H,4,6,8H2,1-2H3. The first-order valence-corrected chi connectivity index (χ1v) is 5.50. The van der Waals surface area contributed by atoms with Crippen LogP contribution in [-0.2, 0) is 0 Å². The number of hydrogen-bond donors (Lipinski definition) is 0. The molecule has 0 saturated heterocycles. The van der Waals surface area contributed by atoms with Crippen LogP contribution >= 0.6 is 11.8 Å². The Morgan fingerprint density at radius 1 is 1.58 bits per heavy atom. The lowest BCUT2D eigenvalue weighted by Gasteiger charge is -1.99. The topological polar surface area (TPSA) is 12.4 Å². The average Bonchev–Trinajstić information content (AvgIpc) is 2.33. The second-order valence-electron chi connectivity index (χ2n) is 2.81. The first-order chi connectivity index (χ1) is 5.83. The molecule has 0 radical (unpaired) electrons. The lowest BCUT2D eigenvalue weighted by atomic mass is 10.2. The van der Waals surface area contributed by atoms with Crippen molar-refractivity contribution in [2.45, 2.75) is 26.2 Å². The fourth-order valence-electron chi connectivity index (χ4n) is 1.10. The van der Waals surface area contributed by atoms with Crippen molar-refractivity contribution in [3.8, 4) is 0 Å². The van der Waals surface area contributed by atoms with E-state index >= 15 is 0 Å². The minimum atomic E-state index is 1.12. The van der Waals surface area contributed by atoms with Crippen LogP contribution in [0.5, 0.6) is 0 Å². The molecular formula is C10H15NS. The van der Waals surface area contributed by atoms with Crippen molar-refractivity contribution in [1.29, 1.82) is 0 Å². The highest BCUT2D eigenvalue weighted by Crippen LogP contribution is 2.15. The van der Waals surface area contributed by atoms with Crippen LogP contribution in [0.2, 0.25) is 0 Å².